The predicted molar refractivity (Wildman–Crippen MR) is 289 cm³/mol. The van der Waals surface area contributed by atoms with Crippen LogP contribution in [0.5, 0.6) is 0 Å². The molecular formula is C65H48N2. The second-order valence-corrected chi connectivity index (χ2v) is 16.8. The zero-order chi connectivity index (χ0) is 45.1. The van der Waals surface area contributed by atoms with Crippen molar-refractivity contribution in [3.8, 4) is 33.4 Å². The van der Waals surface area contributed by atoms with Crippen LogP contribution in [0.25, 0.3) is 76.5 Å². The minimum absolute atomic E-state index is 0.880. The van der Waals surface area contributed by atoms with Crippen molar-refractivity contribution in [3.05, 3.63) is 273 Å². The van der Waals surface area contributed by atoms with Gasteiger partial charge in [0.05, 0.1) is 0 Å². The number of allylic oxidation sites excluding steroid dienone is 4. The molecule has 0 spiro atoms. The molecule has 0 aliphatic heterocycles. The third-order valence-electron chi connectivity index (χ3n) is 12.8. The number of anilines is 5. The van der Waals surface area contributed by atoms with Crippen molar-refractivity contribution in [3.63, 3.8) is 0 Å². The summed E-state index contributed by atoms with van der Waals surface area (Å²) in [5, 5.41) is 9.72. The molecule has 0 heterocycles. The Kier molecular flexibility index (Phi) is 11.0. The van der Waals surface area contributed by atoms with E-state index in [1.807, 2.05) is 25.2 Å². The SMILES string of the molecule is C=C(/C=C\C=C/C)N(c1ccccc1)c1cccc(-c2c3ccccc3c(-c3c4ccccc4c(-c4cccc(N(c5ccccc5)c5ccccc5)c4)c4ccccc34)c3ccccc23)c1. The minimum atomic E-state index is 0.880. The molecule has 0 aromatic heterocycles. The van der Waals surface area contributed by atoms with Gasteiger partial charge in [-0.15, -0.1) is 0 Å². The topological polar surface area (TPSA) is 6.48 Å². The van der Waals surface area contributed by atoms with Crippen molar-refractivity contribution in [1.82, 2.24) is 0 Å². The Morgan fingerprint density at radius 2 is 0.657 bits per heavy atom. The average molecular weight is 857 g/mol. The van der Waals surface area contributed by atoms with Gasteiger partial charge in [-0.1, -0.05) is 201 Å². The summed E-state index contributed by atoms with van der Waals surface area (Å²) >= 11 is 0. The molecule has 11 aromatic carbocycles. The zero-order valence-corrected chi connectivity index (χ0v) is 37.4. The molecule has 67 heavy (non-hydrogen) atoms. The number of hydrogen-bond donors (Lipinski definition) is 0. The van der Waals surface area contributed by atoms with E-state index in [1.54, 1.807) is 0 Å². The van der Waals surface area contributed by atoms with E-state index >= 15 is 0 Å². The third-order valence-corrected chi connectivity index (χ3v) is 12.8. The van der Waals surface area contributed by atoms with Gasteiger partial charge in [-0.25, -0.2) is 0 Å². The Balaban J connectivity index is 1.14. The smallest absolute Gasteiger partial charge is 0.0467 e. The Morgan fingerprint density at radius 3 is 1.06 bits per heavy atom. The molecule has 0 atom stereocenters. The lowest BCUT2D eigenvalue weighted by Gasteiger charge is -2.27. The summed E-state index contributed by atoms with van der Waals surface area (Å²) in [6, 6.07) is 85.7. The normalized spacial score (nSPS) is 11.6. The summed E-state index contributed by atoms with van der Waals surface area (Å²) in [5.74, 6) is 0. The number of nitrogens with zero attached hydrogens (tertiary/aromatic N) is 2. The number of hydrogen-bond acceptors (Lipinski definition) is 2. The van der Waals surface area contributed by atoms with Gasteiger partial charge in [0.2, 0.25) is 0 Å². The van der Waals surface area contributed by atoms with Crippen molar-refractivity contribution in [1.29, 1.82) is 0 Å². The first kappa shape index (κ1) is 41.0. The first-order chi connectivity index (χ1) is 33.2. The van der Waals surface area contributed by atoms with Gasteiger partial charge in [0.15, 0.2) is 0 Å². The lowest BCUT2D eigenvalue weighted by molar-refractivity contribution is 1.22. The molecule has 0 aliphatic carbocycles. The van der Waals surface area contributed by atoms with Gasteiger partial charge >= 0.3 is 0 Å². The maximum atomic E-state index is 4.54. The summed E-state index contributed by atoms with van der Waals surface area (Å²) in [5.41, 5.74) is 13.5. The van der Waals surface area contributed by atoms with Crippen LogP contribution in [0.1, 0.15) is 6.92 Å². The molecule has 0 fully saturated rings. The monoisotopic (exact) mass is 856 g/mol. The molecule has 318 valence electrons. The molecule has 2 nitrogen and oxygen atoms in total. The van der Waals surface area contributed by atoms with Crippen molar-refractivity contribution in [2.75, 3.05) is 9.80 Å². The second-order valence-electron chi connectivity index (χ2n) is 16.8. The molecule has 2 heteroatoms. The van der Waals surface area contributed by atoms with Crippen LogP contribution in [0.3, 0.4) is 0 Å². The summed E-state index contributed by atoms with van der Waals surface area (Å²) in [4.78, 5) is 4.58. The molecule has 11 rings (SSSR count). The largest absolute Gasteiger partial charge is 0.311 e. The van der Waals surface area contributed by atoms with Crippen LogP contribution in [0.15, 0.2) is 273 Å². The average Bonchev–Trinajstić information content (AvgIpc) is 3.39. The van der Waals surface area contributed by atoms with Crippen LogP contribution in [-0.2, 0) is 0 Å². The van der Waals surface area contributed by atoms with Gasteiger partial charge in [0, 0.05) is 34.1 Å². The molecule has 11 aromatic rings. The van der Waals surface area contributed by atoms with Crippen LogP contribution < -0.4 is 9.80 Å². The molecule has 0 radical (unpaired) electrons. The van der Waals surface area contributed by atoms with E-state index in [9.17, 15) is 0 Å². The minimum Gasteiger partial charge on any atom is -0.311 e. The summed E-state index contributed by atoms with van der Waals surface area (Å²) < 4.78 is 0. The van der Waals surface area contributed by atoms with E-state index in [4.69, 9.17) is 0 Å². The molecule has 0 saturated heterocycles. The standard InChI is InChI=1S/C65H48N2/c1-3-4-8-25-46(2)66(49-28-9-5-10-29-49)52-34-23-26-47(44-52)62-54-36-15-19-40-58(54)64(59-41-20-16-37-55(59)62)65-60-42-21-17-38-56(60)63(57-39-18-22-43-61(57)65)48-27-24-35-53(45-48)67(50-30-11-6-12-31-50)51-32-13-7-14-33-51/h3-45H,2H2,1H3/b4-3-,25-8-. The van der Waals surface area contributed by atoms with E-state index in [-0.39, 0.29) is 0 Å². The highest BCUT2D eigenvalue weighted by molar-refractivity contribution is 6.30. The molecular weight excluding hydrogens is 809 g/mol. The third kappa shape index (κ3) is 7.55. The van der Waals surface area contributed by atoms with Crippen LogP contribution in [0.4, 0.5) is 28.4 Å². The summed E-state index contributed by atoms with van der Waals surface area (Å²) in [6.07, 6.45) is 8.18. The zero-order valence-electron chi connectivity index (χ0n) is 37.4. The molecule has 0 aliphatic rings. The van der Waals surface area contributed by atoms with Crippen LogP contribution in [0, 0.1) is 0 Å². The Hall–Kier alpha value is -8.72. The van der Waals surface area contributed by atoms with Crippen LogP contribution in [0.2, 0.25) is 0 Å². The number of rotatable bonds is 11. The lowest BCUT2D eigenvalue weighted by Crippen LogP contribution is -2.14. The molecule has 0 saturated carbocycles. The van der Waals surface area contributed by atoms with E-state index in [0.717, 1.165) is 39.7 Å². The summed E-state index contributed by atoms with van der Waals surface area (Å²) in [6.45, 7) is 6.57. The fourth-order valence-electron chi connectivity index (χ4n) is 10.0. The van der Waals surface area contributed by atoms with E-state index in [1.165, 1.54) is 70.9 Å². The lowest BCUT2D eigenvalue weighted by atomic mass is 9.81. The number of benzene rings is 11. The van der Waals surface area contributed by atoms with Crippen molar-refractivity contribution in [2.45, 2.75) is 6.92 Å². The fourth-order valence-corrected chi connectivity index (χ4v) is 10.0. The van der Waals surface area contributed by atoms with E-state index in [0.29, 0.717) is 0 Å². The van der Waals surface area contributed by atoms with Crippen LogP contribution >= 0.6 is 0 Å². The van der Waals surface area contributed by atoms with Gasteiger partial charge in [0.1, 0.15) is 0 Å². The van der Waals surface area contributed by atoms with E-state index < -0.39 is 0 Å². The molecule has 0 bridgehead atoms. The maximum absolute atomic E-state index is 4.54. The Bertz CT molecular complexity index is 3510. The Labute approximate surface area is 393 Å². The second kappa shape index (κ2) is 18.0. The van der Waals surface area contributed by atoms with Gasteiger partial charge in [0.25, 0.3) is 0 Å². The molecule has 0 unspecified atom stereocenters. The maximum Gasteiger partial charge on any atom is 0.0467 e. The quantitative estimate of drug-likeness (QED) is 0.0944. The van der Waals surface area contributed by atoms with Gasteiger partial charge < -0.3 is 9.80 Å². The highest BCUT2D eigenvalue weighted by Gasteiger charge is 2.24. The predicted octanol–water partition coefficient (Wildman–Crippen LogP) is 18.6. The summed E-state index contributed by atoms with van der Waals surface area (Å²) in [7, 11) is 0. The highest BCUT2D eigenvalue weighted by atomic mass is 15.1. The van der Waals surface area contributed by atoms with Gasteiger partial charge in [-0.3, -0.25) is 0 Å². The Morgan fingerprint density at radius 1 is 0.328 bits per heavy atom. The van der Waals surface area contributed by atoms with E-state index in [2.05, 4.69) is 259 Å². The van der Waals surface area contributed by atoms with Crippen molar-refractivity contribution < 1.29 is 0 Å². The highest BCUT2D eigenvalue weighted by Crippen LogP contribution is 2.51. The van der Waals surface area contributed by atoms with Crippen LogP contribution in [-0.4, -0.2) is 0 Å². The molecule has 0 N–H and O–H groups in total. The molecule has 0 amide bonds. The van der Waals surface area contributed by atoms with Gasteiger partial charge in [-0.05, 0) is 150 Å². The first-order valence-electron chi connectivity index (χ1n) is 23.0. The first-order valence-corrected chi connectivity index (χ1v) is 23.0. The van der Waals surface area contributed by atoms with Crippen molar-refractivity contribution >= 4 is 71.5 Å². The number of fused-ring (bicyclic) bond motifs is 4. The van der Waals surface area contributed by atoms with Crippen molar-refractivity contribution in [2.24, 2.45) is 0 Å². The number of para-hydroxylation sites is 3. The fraction of sp³-hybridized carbons (Fsp3) is 0.0154. The van der Waals surface area contributed by atoms with Gasteiger partial charge in [-0.2, -0.15) is 0 Å².